The van der Waals surface area contributed by atoms with Crippen LogP contribution in [0.25, 0.3) is 0 Å². The predicted molar refractivity (Wildman–Crippen MR) is 54.4 cm³/mol. The van der Waals surface area contributed by atoms with E-state index < -0.39 is 5.60 Å². The van der Waals surface area contributed by atoms with E-state index in [1.54, 1.807) is 5.01 Å². The molecule has 14 heavy (non-hydrogen) atoms. The van der Waals surface area contributed by atoms with E-state index in [0.717, 1.165) is 25.8 Å². The summed E-state index contributed by atoms with van der Waals surface area (Å²) in [4.78, 5) is 11.7. The fraction of sp³-hybridized carbons (Fsp3) is 0.900. The van der Waals surface area contributed by atoms with Gasteiger partial charge in [0, 0.05) is 6.54 Å². The Morgan fingerprint density at radius 3 is 2.57 bits per heavy atom. The number of hydrogen-bond donors (Lipinski definition) is 1. The highest BCUT2D eigenvalue weighted by Crippen LogP contribution is 2.17. The van der Waals surface area contributed by atoms with E-state index in [9.17, 15) is 4.79 Å². The van der Waals surface area contributed by atoms with Crippen LogP contribution in [0.3, 0.4) is 0 Å². The van der Waals surface area contributed by atoms with Gasteiger partial charge in [-0.15, -0.1) is 0 Å². The van der Waals surface area contributed by atoms with Crippen molar-refractivity contribution in [2.24, 2.45) is 5.84 Å². The molecule has 0 radical (unpaired) electrons. The van der Waals surface area contributed by atoms with Crippen molar-refractivity contribution < 1.29 is 9.53 Å². The number of rotatable bonds is 1. The standard InChI is InChI=1S/C10H20N2O2/c1-10(2,3)14-9(13)8-6-4-5-7-12(8)11/h8H,4-7,11H2,1-3H3. The molecule has 1 aliphatic heterocycles. The normalized spacial score (nSPS) is 24.7. The quantitative estimate of drug-likeness (QED) is 0.508. The molecule has 1 aliphatic rings. The van der Waals surface area contributed by atoms with E-state index >= 15 is 0 Å². The summed E-state index contributed by atoms with van der Waals surface area (Å²) in [6, 6.07) is -0.247. The fourth-order valence-corrected chi connectivity index (χ4v) is 1.58. The highest BCUT2D eigenvalue weighted by molar-refractivity contribution is 5.76. The molecule has 0 saturated carbocycles. The van der Waals surface area contributed by atoms with Gasteiger partial charge in [0.05, 0.1) is 0 Å². The lowest BCUT2D eigenvalue weighted by Crippen LogP contribution is -2.50. The number of piperidine rings is 1. The van der Waals surface area contributed by atoms with Crippen molar-refractivity contribution in [3.63, 3.8) is 0 Å². The minimum Gasteiger partial charge on any atom is -0.459 e. The number of carbonyl (C=O) groups is 1. The van der Waals surface area contributed by atoms with Gasteiger partial charge < -0.3 is 4.74 Å². The molecule has 1 atom stereocenters. The Bertz CT molecular complexity index is 211. The first-order chi connectivity index (χ1) is 6.40. The lowest BCUT2D eigenvalue weighted by atomic mass is 10.0. The van der Waals surface area contributed by atoms with Crippen LogP contribution in [-0.2, 0) is 9.53 Å². The van der Waals surface area contributed by atoms with Crippen molar-refractivity contribution in [2.45, 2.75) is 51.7 Å². The van der Waals surface area contributed by atoms with Gasteiger partial charge in [0.15, 0.2) is 0 Å². The molecule has 4 heteroatoms. The zero-order valence-corrected chi connectivity index (χ0v) is 9.25. The number of esters is 1. The molecule has 4 nitrogen and oxygen atoms in total. The van der Waals surface area contributed by atoms with Crippen molar-refractivity contribution in [1.82, 2.24) is 5.01 Å². The van der Waals surface area contributed by atoms with Crippen LogP contribution in [0.5, 0.6) is 0 Å². The minimum absolute atomic E-state index is 0.195. The topological polar surface area (TPSA) is 55.6 Å². The SMILES string of the molecule is CC(C)(C)OC(=O)C1CCCCN1N. The maximum Gasteiger partial charge on any atom is 0.325 e. The second kappa shape index (κ2) is 4.28. The molecule has 0 aromatic heterocycles. The van der Waals surface area contributed by atoms with Crippen molar-refractivity contribution >= 4 is 5.97 Å². The van der Waals surface area contributed by atoms with Gasteiger partial charge in [0.2, 0.25) is 0 Å². The third-order valence-electron chi connectivity index (χ3n) is 2.22. The monoisotopic (exact) mass is 200 g/mol. The molecule has 1 saturated heterocycles. The Morgan fingerprint density at radius 2 is 2.07 bits per heavy atom. The Hall–Kier alpha value is -0.610. The number of nitrogens with zero attached hydrogens (tertiary/aromatic N) is 1. The number of carbonyl (C=O) groups excluding carboxylic acids is 1. The molecular weight excluding hydrogens is 180 g/mol. The lowest BCUT2D eigenvalue weighted by Gasteiger charge is -2.32. The van der Waals surface area contributed by atoms with Crippen LogP contribution in [0.4, 0.5) is 0 Å². The summed E-state index contributed by atoms with van der Waals surface area (Å²) in [7, 11) is 0. The van der Waals surface area contributed by atoms with Gasteiger partial charge >= 0.3 is 5.97 Å². The summed E-state index contributed by atoms with van der Waals surface area (Å²) < 4.78 is 5.29. The van der Waals surface area contributed by atoms with Gasteiger partial charge in [0.1, 0.15) is 11.6 Å². The lowest BCUT2D eigenvalue weighted by molar-refractivity contribution is -0.162. The van der Waals surface area contributed by atoms with E-state index in [1.165, 1.54) is 0 Å². The van der Waals surface area contributed by atoms with Gasteiger partial charge in [-0.05, 0) is 40.0 Å². The van der Waals surface area contributed by atoms with Gasteiger partial charge in [-0.3, -0.25) is 10.6 Å². The first kappa shape index (κ1) is 11.5. The summed E-state index contributed by atoms with van der Waals surface area (Å²) in [5.41, 5.74) is -0.421. The van der Waals surface area contributed by atoms with Gasteiger partial charge in [-0.25, -0.2) is 5.01 Å². The van der Waals surface area contributed by atoms with E-state index in [2.05, 4.69) is 0 Å². The summed E-state index contributed by atoms with van der Waals surface area (Å²) in [5.74, 6) is 5.54. The highest BCUT2D eigenvalue weighted by Gasteiger charge is 2.30. The first-order valence-electron chi connectivity index (χ1n) is 5.14. The summed E-state index contributed by atoms with van der Waals surface area (Å²) in [5, 5.41) is 1.59. The molecule has 0 aromatic rings. The smallest absolute Gasteiger partial charge is 0.325 e. The Labute approximate surface area is 85.4 Å². The molecule has 0 bridgehead atoms. The van der Waals surface area contributed by atoms with Crippen molar-refractivity contribution in [3.05, 3.63) is 0 Å². The van der Waals surface area contributed by atoms with Gasteiger partial charge in [-0.2, -0.15) is 0 Å². The van der Waals surface area contributed by atoms with Crippen molar-refractivity contribution in [1.29, 1.82) is 0 Å². The molecule has 82 valence electrons. The van der Waals surface area contributed by atoms with E-state index in [-0.39, 0.29) is 12.0 Å². The van der Waals surface area contributed by atoms with Crippen LogP contribution in [-0.4, -0.2) is 29.2 Å². The van der Waals surface area contributed by atoms with Crippen molar-refractivity contribution in [2.75, 3.05) is 6.54 Å². The van der Waals surface area contributed by atoms with Crippen LogP contribution < -0.4 is 5.84 Å². The molecule has 0 aromatic carbocycles. The van der Waals surface area contributed by atoms with E-state index in [4.69, 9.17) is 10.6 Å². The number of nitrogens with two attached hydrogens (primary N) is 1. The highest BCUT2D eigenvalue weighted by atomic mass is 16.6. The number of hydrogen-bond acceptors (Lipinski definition) is 4. The number of hydrazine groups is 1. The molecule has 1 unspecified atom stereocenters. The average Bonchev–Trinajstić information content (AvgIpc) is 2.01. The maximum absolute atomic E-state index is 11.7. The summed E-state index contributed by atoms with van der Waals surface area (Å²) in [6.07, 6.45) is 2.93. The summed E-state index contributed by atoms with van der Waals surface area (Å²) >= 11 is 0. The Balaban J connectivity index is 2.50. The molecule has 1 fully saturated rings. The van der Waals surface area contributed by atoms with Crippen LogP contribution >= 0.6 is 0 Å². The third-order valence-corrected chi connectivity index (χ3v) is 2.22. The minimum atomic E-state index is -0.421. The second-order valence-electron chi connectivity index (χ2n) is 4.78. The van der Waals surface area contributed by atoms with Crippen LogP contribution in [0.2, 0.25) is 0 Å². The molecular formula is C10H20N2O2. The zero-order valence-electron chi connectivity index (χ0n) is 9.25. The second-order valence-corrected chi connectivity index (χ2v) is 4.78. The third kappa shape index (κ3) is 3.27. The first-order valence-corrected chi connectivity index (χ1v) is 5.14. The van der Waals surface area contributed by atoms with Crippen LogP contribution in [0.15, 0.2) is 0 Å². The average molecular weight is 200 g/mol. The van der Waals surface area contributed by atoms with Crippen LogP contribution in [0, 0.1) is 0 Å². The molecule has 0 spiro atoms. The van der Waals surface area contributed by atoms with Crippen molar-refractivity contribution in [3.8, 4) is 0 Å². The Morgan fingerprint density at radius 1 is 1.43 bits per heavy atom. The maximum atomic E-state index is 11.7. The molecule has 0 aliphatic carbocycles. The largest absolute Gasteiger partial charge is 0.459 e. The number of ether oxygens (including phenoxy) is 1. The fourth-order valence-electron chi connectivity index (χ4n) is 1.58. The molecule has 0 amide bonds. The predicted octanol–water partition coefficient (Wildman–Crippen LogP) is 1.06. The van der Waals surface area contributed by atoms with Crippen LogP contribution in [0.1, 0.15) is 40.0 Å². The van der Waals surface area contributed by atoms with E-state index in [1.807, 2.05) is 20.8 Å². The molecule has 1 heterocycles. The van der Waals surface area contributed by atoms with Gasteiger partial charge in [0.25, 0.3) is 0 Å². The molecule has 1 rings (SSSR count). The van der Waals surface area contributed by atoms with E-state index in [0.29, 0.717) is 0 Å². The Kier molecular flexibility index (Phi) is 3.50. The zero-order chi connectivity index (χ0) is 10.8. The summed E-state index contributed by atoms with van der Waals surface area (Å²) in [6.45, 7) is 6.39. The molecule has 2 N–H and O–H groups in total. The van der Waals surface area contributed by atoms with Gasteiger partial charge in [-0.1, -0.05) is 0 Å².